The first-order valence-corrected chi connectivity index (χ1v) is 8.91. The minimum absolute atomic E-state index is 0.0233. The van der Waals surface area contributed by atoms with Crippen LogP contribution in [0.4, 0.5) is 5.95 Å². The van der Waals surface area contributed by atoms with Crippen LogP contribution in [0, 0.1) is 0 Å². The Labute approximate surface area is 143 Å². The van der Waals surface area contributed by atoms with Crippen molar-refractivity contribution in [2.75, 3.05) is 11.9 Å². The highest BCUT2D eigenvalue weighted by Gasteiger charge is 2.29. The zero-order valence-corrected chi connectivity index (χ0v) is 14.1. The quantitative estimate of drug-likeness (QED) is 0.759. The molecule has 1 aliphatic heterocycles. The van der Waals surface area contributed by atoms with Gasteiger partial charge in [0.2, 0.25) is 11.9 Å². The number of carbonyl (C=O) groups is 1. The maximum atomic E-state index is 12.1. The number of fused-ring (bicyclic) bond motifs is 3. The maximum Gasteiger partial charge on any atom is 0.222 e. The molecule has 1 amide bonds. The smallest absolute Gasteiger partial charge is 0.222 e. The number of carbonyl (C=O) groups excluding carboxylic acids is 1. The lowest BCUT2D eigenvalue weighted by Gasteiger charge is -2.14. The van der Waals surface area contributed by atoms with Gasteiger partial charge in [-0.1, -0.05) is 6.92 Å². The van der Waals surface area contributed by atoms with Crippen LogP contribution in [-0.2, 0) is 11.3 Å². The molecule has 0 bridgehead atoms. The third kappa shape index (κ3) is 2.62. The summed E-state index contributed by atoms with van der Waals surface area (Å²) in [6.45, 7) is 3.41. The van der Waals surface area contributed by atoms with E-state index in [9.17, 15) is 4.79 Å². The van der Waals surface area contributed by atoms with Gasteiger partial charge in [-0.2, -0.15) is 0 Å². The van der Waals surface area contributed by atoms with E-state index in [0.29, 0.717) is 18.9 Å². The summed E-state index contributed by atoms with van der Waals surface area (Å²) < 4.78 is 2.08. The SMILES string of the molecule is CCCNc1ncc([C@@H]2CC(=O)NCc3nc4sccn4c32)cn1. The van der Waals surface area contributed by atoms with Gasteiger partial charge in [-0.3, -0.25) is 9.20 Å². The Morgan fingerprint density at radius 3 is 3.04 bits per heavy atom. The van der Waals surface area contributed by atoms with Crippen molar-refractivity contribution in [3.8, 4) is 0 Å². The summed E-state index contributed by atoms with van der Waals surface area (Å²) in [6, 6.07) is 0. The molecule has 0 spiro atoms. The molecule has 3 aromatic rings. The van der Waals surface area contributed by atoms with Gasteiger partial charge in [-0.05, 0) is 12.0 Å². The third-order valence-electron chi connectivity index (χ3n) is 4.16. The van der Waals surface area contributed by atoms with Crippen LogP contribution < -0.4 is 10.6 Å². The van der Waals surface area contributed by atoms with Crippen LogP contribution in [0.5, 0.6) is 0 Å². The molecule has 0 aromatic carbocycles. The van der Waals surface area contributed by atoms with E-state index in [-0.39, 0.29) is 11.8 Å². The van der Waals surface area contributed by atoms with Crippen LogP contribution in [0.1, 0.15) is 42.6 Å². The normalized spacial score (nSPS) is 17.4. The number of hydrogen-bond acceptors (Lipinski definition) is 6. The fraction of sp³-hybridized carbons (Fsp3) is 0.375. The molecule has 4 rings (SSSR count). The molecule has 1 aliphatic rings. The van der Waals surface area contributed by atoms with Gasteiger partial charge in [0.05, 0.1) is 17.9 Å². The Balaban J connectivity index is 1.74. The van der Waals surface area contributed by atoms with Crippen LogP contribution in [0.15, 0.2) is 24.0 Å². The first-order chi connectivity index (χ1) is 11.8. The first kappa shape index (κ1) is 15.1. The Morgan fingerprint density at radius 2 is 2.25 bits per heavy atom. The summed E-state index contributed by atoms with van der Waals surface area (Å²) in [7, 11) is 0. The zero-order chi connectivity index (χ0) is 16.5. The molecule has 2 N–H and O–H groups in total. The Hall–Kier alpha value is -2.48. The predicted octanol–water partition coefficient (Wildman–Crippen LogP) is 2.16. The van der Waals surface area contributed by atoms with Gasteiger partial charge in [0, 0.05) is 42.9 Å². The average Bonchev–Trinajstić information content (AvgIpc) is 3.13. The number of nitrogens with zero attached hydrogens (tertiary/aromatic N) is 4. The number of imidazole rings is 1. The molecule has 0 saturated carbocycles. The summed E-state index contributed by atoms with van der Waals surface area (Å²) >= 11 is 1.60. The van der Waals surface area contributed by atoms with Crippen molar-refractivity contribution >= 4 is 28.2 Å². The van der Waals surface area contributed by atoms with E-state index < -0.39 is 0 Å². The van der Waals surface area contributed by atoms with Crippen LogP contribution in [0.25, 0.3) is 4.96 Å². The summed E-state index contributed by atoms with van der Waals surface area (Å²) in [4.78, 5) is 26.5. The number of rotatable bonds is 4. The molecule has 124 valence electrons. The minimum atomic E-state index is -0.0904. The van der Waals surface area contributed by atoms with E-state index >= 15 is 0 Å². The van der Waals surface area contributed by atoms with Crippen molar-refractivity contribution in [3.63, 3.8) is 0 Å². The Morgan fingerprint density at radius 1 is 1.42 bits per heavy atom. The van der Waals surface area contributed by atoms with Crippen LogP contribution >= 0.6 is 11.3 Å². The summed E-state index contributed by atoms with van der Waals surface area (Å²) in [5.74, 6) is 0.551. The molecule has 8 heteroatoms. The lowest BCUT2D eigenvalue weighted by atomic mass is 9.94. The summed E-state index contributed by atoms with van der Waals surface area (Å²) in [5.41, 5.74) is 2.91. The molecule has 0 radical (unpaired) electrons. The van der Waals surface area contributed by atoms with Gasteiger partial charge in [-0.15, -0.1) is 11.3 Å². The second-order valence-corrected chi connectivity index (χ2v) is 6.67. The molecule has 0 unspecified atom stereocenters. The monoisotopic (exact) mass is 342 g/mol. The highest BCUT2D eigenvalue weighted by Crippen LogP contribution is 2.33. The number of nitrogens with one attached hydrogen (secondary N) is 2. The van der Waals surface area contributed by atoms with Gasteiger partial charge in [0.15, 0.2) is 4.96 Å². The Kier molecular flexibility index (Phi) is 3.89. The molecular weight excluding hydrogens is 324 g/mol. The van der Waals surface area contributed by atoms with E-state index in [4.69, 9.17) is 0 Å². The lowest BCUT2D eigenvalue weighted by molar-refractivity contribution is -0.121. The second-order valence-electron chi connectivity index (χ2n) is 5.80. The molecular formula is C16H18N6OS. The van der Waals surface area contributed by atoms with E-state index in [1.807, 2.05) is 24.0 Å². The number of aromatic nitrogens is 4. The molecule has 0 aliphatic carbocycles. The van der Waals surface area contributed by atoms with Gasteiger partial charge < -0.3 is 10.6 Å². The number of amides is 1. The first-order valence-electron chi connectivity index (χ1n) is 8.03. The average molecular weight is 342 g/mol. The van der Waals surface area contributed by atoms with Gasteiger partial charge in [0.25, 0.3) is 0 Å². The van der Waals surface area contributed by atoms with Crippen LogP contribution in [0.2, 0.25) is 0 Å². The largest absolute Gasteiger partial charge is 0.354 e. The van der Waals surface area contributed by atoms with E-state index in [1.165, 1.54) is 0 Å². The lowest BCUT2D eigenvalue weighted by Crippen LogP contribution is -2.21. The van der Waals surface area contributed by atoms with Crippen LogP contribution in [-0.4, -0.2) is 31.8 Å². The molecule has 0 saturated heterocycles. The molecule has 7 nitrogen and oxygen atoms in total. The fourth-order valence-corrected chi connectivity index (χ4v) is 3.75. The zero-order valence-electron chi connectivity index (χ0n) is 13.3. The molecule has 0 fully saturated rings. The number of anilines is 1. The maximum absolute atomic E-state index is 12.1. The molecule has 3 aromatic heterocycles. The number of thiazole rings is 1. The van der Waals surface area contributed by atoms with Crippen molar-refractivity contribution in [2.45, 2.75) is 32.2 Å². The second kappa shape index (κ2) is 6.20. The summed E-state index contributed by atoms with van der Waals surface area (Å²) in [6.07, 6.45) is 7.02. The Bertz CT molecular complexity index is 868. The van der Waals surface area contributed by atoms with Crippen molar-refractivity contribution in [2.24, 2.45) is 0 Å². The van der Waals surface area contributed by atoms with E-state index in [0.717, 1.165) is 34.9 Å². The predicted molar refractivity (Wildman–Crippen MR) is 92.2 cm³/mol. The van der Waals surface area contributed by atoms with E-state index in [2.05, 4.69) is 36.9 Å². The van der Waals surface area contributed by atoms with Crippen molar-refractivity contribution in [3.05, 3.63) is 40.9 Å². The van der Waals surface area contributed by atoms with Gasteiger partial charge in [-0.25, -0.2) is 15.0 Å². The standard InChI is InChI=1S/C16H18N6OS/c1-2-3-17-15-19-7-10(8-20-15)11-6-13(23)18-9-12-14(11)22-4-5-24-16(22)21-12/h4-5,7-8,11H,2-3,6,9H2,1H3,(H,18,23)(H,17,19,20)/t11-/m0/s1. The minimum Gasteiger partial charge on any atom is -0.354 e. The van der Waals surface area contributed by atoms with Gasteiger partial charge in [0.1, 0.15) is 0 Å². The van der Waals surface area contributed by atoms with Crippen LogP contribution in [0.3, 0.4) is 0 Å². The van der Waals surface area contributed by atoms with Crippen molar-refractivity contribution < 1.29 is 4.79 Å². The van der Waals surface area contributed by atoms with Gasteiger partial charge >= 0.3 is 0 Å². The topological polar surface area (TPSA) is 84.2 Å². The fourth-order valence-electron chi connectivity index (χ4n) is 3.01. The third-order valence-corrected chi connectivity index (χ3v) is 4.91. The van der Waals surface area contributed by atoms with Crippen molar-refractivity contribution in [1.82, 2.24) is 24.7 Å². The number of hydrogen-bond donors (Lipinski definition) is 2. The highest BCUT2D eigenvalue weighted by molar-refractivity contribution is 7.15. The van der Waals surface area contributed by atoms with E-state index in [1.54, 1.807) is 11.3 Å². The van der Waals surface area contributed by atoms with Crippen molar-refractivity contribution in [1.29, 1.82) is 0 Å². The molecule has 24 heavy (non-hydrogen) atoms. The molecule has 1 atom stereocenters. The summed E-state index contributed by atoms with van der Waals surface area (Å²) in [5, 5.41) is 8.10. The highest BCUT2D eigenvalue weighted by atomic mass is 32.1. The molecule has 4 heterocycles.